The van der Waals surface area contributed by atoms with Crippen LogP contribution in [0.2, 0.25) is 0 Å². The minimum absolute atomic E-state index is 0.451. The highest BCUT2D eigenvalue weighted by atomic mass is 15.1. The maximum Gasteiger partial charge on any atom is 0.132 e. The topological polar surface area (TPSA) is 47.1 Å². The molecule has 0 fully saturated rings. The van der Waals surface area contributed by atoms with Gasteiger partial charge in [0.2, 0.25) is 0 Å². The second kappa shape index (κ2) is 4.36. The Morgan fingerprint density at radius 1 is 1.47 bits per heavy atom. The molecule has 4 nitrogen and oxygen atoms in total. The van der Waals surface area contributed by atoms with E-state index < -0.39 is 0 Å². The molecule has 0 radical (unpaired) electrons. The molecular weight excluding hydrogens is 236 g/mol. The van der Waals surface area contributed by atoms with Gasteiger partial charge in [0.05, 0.1) is 12.9 Å². The van der Waals surface area contributed by atoms with Gasteiger partial charge < -0.3 is 15.2 Å². The smallest absolute Gasteiger partial charge is 0.132 e. The normalized spacial score (nSPS) is 13.4. The first-order valence-corrected chi connectivity index (χ1v) is 6.29. The third kappa shape index (κ3) is 1.84. The zero-order valence-electron chi connectivity index (χ0n) is 10.9. The number of hydrogen-bond acceptors (Lipinski definition) is 3. The average molecular weight is 252 g/mol. The summed E-state index contributed by atoms with van der Waals surface area (Å²) in [4.78, 5) is 6.64. The Labute approximate surface area is 112 Å². The molecule has 19 heavy (non-hydrogen) atoms. The van der Waals surface area contributed by atoms with Gasteiger partial charge in [-0.25, -0.2) is 4.98 Å². The molecule has 0 unspecified atom stereocenters. The first kappa shape index (κ1) is 11.7. The van der Waals surface area contributed by atoms with Crippen LogP contribution in [0.4, 0.5) is 11.5 Å². The van der Waals surface area contributed by atoms with Crippen molar-refractivity contribution in [3.8, 4) is 23.6 Å². The number of hydrogen-bond donors (Lipinski definition) is 1. The Kier molecular flexibility index (Phi) is 2.68. The van der Waals surface area contributed by atoms with Gasteiger partial charge >= 0.3 is 0 Å². The van der Waals surface area contributed by atoms with Crippen LogP contribution in [0, 0.1) is 12.3 Å². The summed E-state index contributed by atoms with van der Waals surface area (Å²) in [6.07, 6.45) is 8.08. The summed E-state index contributed by atoms with van der Waals surface area (Å²) in [5, 5.41) is 0. The van der Waals surface area contributed by atoms with Crippen LogP contribution >= 0.6 is 0 Å². The lowest BCUT2D eigenvalue weighted by Crippen LogP contribution is -2.12. The molecule has 0 bridgehead atoms. The van der Waals surface area contributed by atoms with Gasteiger partial charge in [0.25, 0.3) is 0 Å². The van der Waals surface area contributed by atoms with Crippen molar-refractivity contribution in [2.24, 2.45) is 0 Å². The lowest BCUT2D eigenvalue weighted by atomic mass is 10.1. The van der Waals surface area contributed by atoms with Crippen LogP contribution in [0.15, 0.2) is 24.5 Å². The van der Waals surface area contributed by atoms with Crippen LogP contribution in [0.5, 0.6) is 0 Å². The number of nitrogen functional groups attached to an aromatic ring is 1. The molecule has 0 spiro atoms. The molecule has 1 aromatic heterocycles. The van der Waals surface area contributed by atoms with E-state index in [1.807, 2.05) is 0 Å². The first-order valence-electron chi connectivity index (χ1n) is 6.29. The van der Waals surface area contributed by atoms with E-state index >= 15 is 0 Å². The Morgan fingerprint density at radius 3 is 3.11 bits per heavy atom. The van der Waals surface area contributed by atoms with Crippen molar-refractivity contribution in [1.82, 2.24) is 9.55 Å². The molecule has 0 amide bonds. The third-order valence-corrected chi connectivity index (χ3v) is 3.62. The minimum Gasteiger partial charge on any atom is -0.383 e. The van der Waals surface area contributed by atoms with Gasteiger partial charge in [-0.05, 0) is 24.1 Å². The molecule has 1 aliphatic heterocycles. The zero-order valence-corrected chi connectivity index (χ0v) is 10.9. The maximum absolute atomic E-state index is 6.09. The molecule has 4 heteroatoms. The quantitative estimate of drug-likeness (QED) is 0.828. The van der Waals surface area contributed by atoms with Gasteiger partial charge in [0, 0.05) is 24.8 Å². The largest absolute Gasteiger partial charge is 0.383 e. The molecule has 96 valence electrons. The Morgan fingerprint density at radius 2 is 2.32 bits per heavy atom. The third-order valence-electron chi connectivity index (χ3n) is 3.62. The summed E-state index contributed by atoms with van der Waals surface area (Å²) in [6.45, 7) is 1.52. The fourth-order valence-corrected chi connectivity index (χ4v) is 2.55. The van der Waals surface area contributed by atoms with E-state index in [1.54, 1.807) is 10.9 Å². The van der Waals surface area contributed by atoms with E-state index in [2.05, 4.69) is 41.1 Å². The predicted molar refractivity (Wildman–Crippen MR) is 77.9 cm³/mol. The first-order chi connectivity index (χ1) is 9.20. The molecule has 2 heterocycles. The molecular formula is C15H16N4. The van der Waals surface area contributed by atoms with Crippen molar-refractivity contribution in [3.63, 3.8) is 0 Å². The van der Waals surface area contributed by atoms with Gasteiger partial charge in [0.15, 0.2) is 0 Å². The van der Waals surface area contributed by atoms with Gasteiger partial charge in [-0.15, -0.1) is 6.42 Å². The van der Waals surface area contributed by atoms with Crippen molar-refractivity contribution in [2.75, 3.05) is 24.2 Å². The minimum atomic E-state index is 0.451. The molecule has 3 rings (SSSR count). The van der Waals surface area contributed by atoms with E-state index in [0.29, 0.717) is 12.4 Å². The van der Waals surface area contributed by atoms with Gasteiger partial charge in [-0.3, -0.25) is 0 Å². The van der Waals surface area contributed by atoms with Gasteiger partial charge in [-0.2, -0.15) is 0 Å². The van der Waals surface area contributed by atoms with Crippen LogP contribution in [0.1, 0.15) is 5.56 Å². The van der Waals surface area contributed by atoms with Crippen molar-refractivity contribution in [2.45, 2.75) is 13.0 Å². The van der Waals surface area contributed by atoms with Crippen LogP contribution in [0.3, 0.4) is 0 Å². The fraction of sp³-hybridized carbons (Fsp3) is 0.267. The number of rotatable bonds is 2. The SMILES string of the molecule is C#CCn1cnc(-c2ccc3c(c2)CCN3C)c1N. The molecule has 1 aromatic carbocycles. The van der Waals surface area contributed by atoms with Gasteiger partial charge in [0.1, 0.15) is 11.5 Å². The number of fused-ring (bicyclic) bond motifs is 1. The summed E-state index contributed by atoms with van der Waals surface area (Å²) in [5.74, 6) is 3.20. The number of aromatic nitrogens is 2. The number of likely N-dealkylation sites (N-methyl/N-ethyl adjacent to an activating group) is 1. The summed E-state index contributed by atoms with van der Waals surface area (Å²) in [5.41, 5.74) is 10.6. The van der Waals surface area contributed by atoms with Crippen LogP contribution in [-0.2, 0) is 13.0 Å². The lowest BCUT2D eigenvalue weighted by Gasteiger charge is -2.12. The fourth-order valence-electron chi connectivity index (χ4n) is 2.55. The maximum atomic E-state index is 6.09. The van der Waals surface area contributed by atoms with E-state index in [0.717, 1.165) is 24.2 Å². The van der Waals surface area contributed by atoms with E-state index in [9.17, 15) is 0 Å². The molecule has 0 atom stereocenters. The summed E-state index contributed by atoms with van der Waals surface area (Å²) < 4.78 is 1.79. The number of nitrogens with two attached hydrogens (primary N) is 1. The molecule has 0 saturated carbocycles. The molecule has 1 aliphatic rings. The van der Waals surface area contributed by atoms with Crippen molar-refractivity contribution >= 4 is 11.5 Å². The summed E-state index contributed by atoms with van der Waals surface area (Å²) in [6, 6.07) is 6.38. The van der Waals surface area contributed by atoms with Crippen LogP contribution in [-0.4, -0.2) is 23.1 Å². The van der Waals surface area contributed by atoms with Gasteiger partial charge in [-0.1, -0.05) is 12.0 Å². The highest BCUT2D eigenvalue weighted by Gasteiger charge is 2.17. The number of nitrogens with zero attached hydrogens (tertiary/aromatic N) is 3. The number of benzene rings is 1. The molecule has 0 saturated heterocycles. The Balaban J connectivity index is 2.02. The highest BCUT2D eigenvalue weighted by Crippen LogP contribution is 2.32. The van der Waals surface area contributed by atoms with E-state index in [4.69, 9.17) is 12.2 Å². The summed E-state index contributed by atoms with van der Waals surface area (Å²) >= 11 is 0. The lowest BCUT2D eigenvalue weighted by molar-refractivity contribution is 0.852. The van der Waals surface area contributed by atoms with Crippen molar-refractivity contribution in [3.05, 3.63) is 30.1 Å². The molecule has 0 aliphatic carbocycles. The monoisotopic (exact) mass is 252 g/mol. The molecule has 2 N–H and O–H groups in total. The Hall–Kier alpha value is -2.41. The predicted octanol–water partition coefficient (Wildman–Crippen LogP) is 1.76. The van der Waals surface area contributed by atoms with Crippen LogP contribution in [0.25, 0.3) is 11.3 Å². The van der Waals surface area contributed by atoms with Crippen molar-refractivity contribution in [1.29, 1.82) is 0 Å². The van der Waals surface area contributed by atoms with E-state index in [-0.39, 0.29) is 0 Å². The zero-order chi connectivity index (χ0) is 13.4. The van der Waals surface area contributed by atoms with Crippen molar-refractivity contribution < 1.29 is 0 Å². The highest BCUT2D eigenvalue weighted by molar-refractivity contribution is 5.74. The van der Waals surface area contributed by atoms with Crippen LogP contribution < -0.4 is 10.6 Å². The summed E-state index contributed by atoms with van der Waals surface area (Å²) in [7, 11) is 2.11. The second-order valence-corrected chi connectivity index (χ2v) is 4.83. The second-order valence-electron chi connectivity index (χ2n) is 4.83. The number of anilines is 2. The number of imidazole rings is 1. The molecule has 2 aromatic rings. The average Bonchev–Trinajstić information content (AvgIpc) is 2.95. The van der Waals surface area contributed by atoms with E-state index in [1.165, 1.54) is 11.3 Å². The number of terminal acetylenes is 1. The Bertz CT molecular complexity index is 663. The standard InChI is InChI=1S/C15H16N4/c1-3-7-19-10-17-14(15(19)16)12-4-5-13-11(9-12)6-8-18(13)2/h1,4-5,9-10H,6-8,16H2,2H3.